The zero-order valence-corrected chi connectivity index (χ0v) is 10.5. The van der Waals surface area contributed by atoms with Crippen molar-refractivity contribution in [2.75, 3.05) is 18.5 Å². The minimum atomic E-state index is -0.238. The van der Waals surface area contributed by atoms with Crippen LogP contribution in [-0.2, 0) is 7.05 Å². The van der Waals surface area contributed by atoms with E-state index in [4.69, 9.17) is 5.73 Å². The first-order chi connectivity index (χ1) is 8.58. The van der Waals surface area contributed by atoms with Crippen molar-refractivity contribution in [2.24, 2.45) is 12.8 Å². The number of aryl methyl sites for hydroxylation is 1. The molecule has 0 saturated heterocycles. The summed E-state index contributed by atoms with van der Waals surface area (Å²) in [4.78, 5) is 1.81. The fourth-order valence-corrected chi connectivity index (χ4v) is 1.89. The number of nitrogens with two attached hydrogens (primary N) is 1. The van der Waals surface area contributed by atoms with E-state index < -0.39 is 0 Å². The summed E-state index contributed by atoms with van der Waals surface area (Å²) in [7, 11) is 3.67. The number of nitrogens with zero attached hydrogens (tertiary/aromatic N) is 3. The summed E-state index contributed by atoms with van der Waals surface area (Å²) in [5.41, 5.74) is 7.58. The highest BCUT2D eigenvalue weighted by Crippen LogP contribution is 2.19. The molecule has 1 atom stereocenters. The standard InChI is InChI=1S/C13H17FN4/c1-17(13-6-4-3-5-11(13)14)9-12(15)10-7-16-18(2)8-10/h3-8,12H,9,15H2,1-2H3. The number of rotatable bonds is 4. The number of anilines is 1. The van der Waals surface area contributed by atoms with E-state index in [1.807, 2.05) is 31.3 Å². The maximum absolute atomic E-state index is 13.6. The molecule has 2 aromatic rings. The van der Waals surface area contributed by atoms with Gasteiger partial charge in [-0.25, -0.2) is 4.39 Å². The molecule has 0 fully saturated rings. The Kier molecular flexibility index (Phi) is 3.62. The minimum Gasteiger partial charge on any atom is -0.370 e. The number of aromatic nitrogens is 2. The smallest absolute Gasteiger partial charge is 0.146 e. The zero-order chi connectivity index (χ0) is 13.1. The van der Waals surface area contributed by atoms with Crippen molar-refractivity contribution < 1.29 is 4.39 Å². The summed E-state index contributed by atoms with van der Waals surface area (Å²) in [5.74, 6) is -0.238. The van der Waals surface area contributed by atoms with E-state index in [-0.39, 0.29) is 11.9 Å². The Morgan fingerprint density at radius 3 is 2.78 bits per heavy atom. The molecule has 0 spiro atoms. The molecule has 0 aliphatic carbocycles. The topological polar surface area (TPSA) is 47.1 Å². The predicted molar refractivity (Wildman–Crippen MR) is 69.8 cm³/mol. The molecular weight excluding hydrogens is 231 g/mol. The maximum atomic E-state index is 13.6. The monoisotopic (exact) mass is 248 g/mol. The van der Waals surface area contributed by atoms with Gasteiger partial charge in [0.15, 0.2) is 0 Å². The average Bonchev–Trinajstić information content (AvgIpc) is 2.76. The number of hydrogen-bond acceptors (Lipinski definition) is 3. The van der Waals surface area contributed by atoms with Crippen molar-refractivity contribution in [3.63, 3.8) is 0 Å². The summed E-state index contributed by atoms with van der Waals surface area (Å²) in [5, 5.41) is 4.08. The number of benzene rings is 1. The highest BCUT2D eigenvalue weighted by atomic mass is 19.1. The van der Waals surface area contributed by atoms with Crippen LogP contribution < -0.4 is 10.6 Å². The van der Waals surface area contributed by atoms with Gasteiger partial charge in [0.25, 0.3) is 0 Å². The van der Waals surface area contributed by atoms with E-state index >= 15 is 0 Å². The van der Waals surface area contributed by atoms with Crippen molar-refractivity contribution in [3.8, 4) is 0 Å². The minimum absolute atomic E-state index is 0.191. The van der Waals surface area contributed by atoms with Crippen LogP contribution in [0.15, 0.2) is 36.7 Å². The highest BCUT2D eigenvalue weighted by molar-refractivity contribution is 5.47. The van der Waals surface area contributed by atoms with E-state index in [1.165, 1.54) is 6.07 Å². The molecule has 0 radical (unpaired) electrons. The molecule has 1 heterocycles. The van der Waals surface area contributed by atoms with Gasteiger partial charge >= 0.3 is 0 Å². The summed E-state index contributed by atoms with van der Waals surface area (Å²) >= 11 is 0. The molecule has 0 saturated carbocycles. The molecular formula is C13H17FN4. The SMILES string of the molecule is CN(CC(N)c1cnn(C)c1)c1ccccc1F. The molecule has 1 aromatic heterocycles. The molecule has 0 bridgehead atoms. The second-order valence-corrected chi connectivity index (χ2v) is 4.39. The van der Waals surface area contributed by atoms with Gasteiger partial charge in [-0.3, -0.25) is 4.68 Å². The number of halogens is 1. The van der Waals surface area contributed by atoms with Crippen LogP contribution in [0.4, 0.5) is 10.1 Å². The lowest BCUT2D eigenvalue weighted by atomic mass is 10.1. The van der Waals surface area contributed by atoms with Gasteiger partial charge in [-0.15, -0.1) is 0 Å². The lowest BCUT2D eigenvalue weighted by Crippen LogP contribution is -2.29. The molecule has 0 amide bonds. The van der Waals surface area contributed by atoms with Gasteiger partial charge in [-0.1, -0.05) is 12.1 Å². The first kappa shape index (κ1) is 12.6. The first-order valence-corrected chi connectivity index (χ1v) is 5.77. The Hall–Kier alpha value is -1.88. The van der Waals surface area contributed by atoms with Gasteiger partial charge in [-0.05, 0) is 12.1 Å². The van der Waals surface area contributed by atoms with Crippen LogP contribution in [0.25, 0.3) is 0 Å². The molecule has 4 nitrogen and oxygen atoms in total. The molecule has 0 aliphatic rings. The summed E-state index contributed by atoms with van der Waals surface area (Å²) < 4.78 is 15.3. The Morgan fingerprint density at radius 1 is 1.44 bits per heavy atom. The van der Waals surface area contributed by atoms with Crippen molar-refractivity contribution in [1.82, 2.24) is 9.78 Å². The first-order valence-electron chi connectivity index (χ1n) is 5.77. The number of para-hydroxylation sites is 1. The van der Waals surface area contributed by atoms with Gasteiger partial charge in [0.1, 0.15) is 5.82 Å². The largest absolute Gasteiger partial charge is 0.370 e. The predicted octanol–water partition coefficient (Wildman–Crippen LogP) is 1.70. The van der Waals surface area contributed by atoms with E-state index in [0.717, 1.165) is 5.56 Å². The van der Waals surface area contributed by atoms with Crippen molar-refractivity contribution in [3.05, 3.63) is 48.0 Å². The quantitative estimate of drug-likeness (QED) is 0.895. The second-order valence-electron chi connectivity index (χ2n) is 4.39. The lowest BCUT2D eigenvalue weighted by Gasteiger charge is -2.23. The van der Waals surface area contributed by atoms with E-state index in [2.05, 4.69) is 5.10 Å². The molecule has 96 valence electrons. The van der Waals surface area contributed by atoms with Crippen molar-refractivity contribution in [2.45, 2.75) is 6.04 Å². The van der Waals surface area contributed by atoms with Crippen molar-refractivity contribution in [1.29, 1.82) is 0 Å². The van der Waals surface area contributed by atoms with E-state index in [1.54, 1.807) is 23.0 Å². The Morgan fingerprint density at radius 2 is 2.17 bits per heavy atom. The van der Waals surface area contributed by atoms with Crippen LogP contribution in [0.1, 0.15) is 11.6 Å². The van der Waals surface area contributed by atoms with Gasteiger partial charge in [0.05, 0.1) is 17.9 Å². The normalized spacial score (nSPS) is 12.4. The van der Waals surface area contributed by atoms with Gasteiger partial charge in [-0.2, -0.15) is 5.10 Å². The Labute approximate surface area is 106 Å². The molecule has 18 heavy (non-hydrogen) atoms. The van der Waals surface area contributed by atoms with E-state index in [9.17, 15) is 4.39 Å². The fraction of sp³-hybridized carbons (Fsp3) is 0.308. The Bertz CT molecular complexity index is 523. The number of hydrogen-bond donors (Lipinski definition) is 1. The third kappa shape index (κ3) is 2.68. The number of likely N-dealkylation sites (N-methyl/N-ethyl adjacent to an activating group) is 1. The van der Waals surface area contributed by atoms with Crippen LogP contribution in [-0.4, -0.2) is 23.4 Å². The van der Waals surface area contributed by atoms with Gasteiger partial charge < -0.3 is 10.6 Å². The fourth-order valence-electron chi connectivity index (χ4n) is 1.89. The van der Waals surface area contributed by atoms with Crippen LogP contribution in [0, 0.1) is 5.82 Å². The second kappa shape index (κ2) is 5.18. The van der Waals surface area contributed by atoms with Crippen LogP contribution in [0.5, 0.6) is 0 Å². The zero-order valence-electron chi connectivity index (χ0n) is 10.5. The van der Waals surface area contributed by atoms with Crippen molar-refractivity contribution >= 4 is 5.69 Å². The average molecular weight is 248 g/mol. The summed E-state index contributed by atoms with van der Waals surface area (Å²) in [6.07, 6.45) is 3.61. The maximum Gasteiger partial charge on any atom is 0.146 e. The van der Waals surface area contributed by atoms with Crippen LogP contribution >= 0.6 is 0 Å². The summed E-state index contributed by atoms with van der Waals surface area (Å²) in [6, 6.07) is 6.48. The molecule has 5 heteroatoms. The Balaban J connectivity index is 2.08. The molecule has 0 aliphatic heterocycles. The molecule has 2 rings (SSSR count). The highest BCUT2D eigenvalue weighted by Gasteiger charge is 2.13. The third-order valence-electron chi connectivity index (χ3n) is 2.89. The van der Waals surface area contributed by atoms with E-state index in [0.29, 0.717) is 12.2 Å². The van der Waals surface area contributed by atoms with Crippen LogP contribution in [0.3, 0.4) is 0 Å². The van der Waals surface area contributed by atoms with Gasteiger partial charge in [0.2, 0.25) is 0 Å². The molecule has 2 N–H and O–H groups in total. The van der Waals surface area contributed by atoms with Gasteiger partial charge in [0, 0.05) is 32.4 Å². The molecule has 1 aromatic carbocycles. The lowest BCUT2D eigenvalue weighted by molar-refractivity contribution is 0.614. The van der Waals surface area contributed by atoms with Crippen LogP contribution in [0.2, 0.25) is 0 Å². The molecule has 1 unspecified atom stereocenters. The summed E-state index contributed by atoms with van der Waals surface area (Å²) in [6.45, 7) is 0.534. The third-order valence-corrected chi connectivity index (χ3v) is 2.89.